The first-order valence-electron chi connectivity index (χ1n) is 9.55. The van der Waals surface area contributed by atoms with Crippen LogP contribution in [-0.4, -0.2) is 10.5 Å². The number of hydrogen-bond acceptors (Lipinski definition) is 3. The molecular formula is C25H20N2O3. The van der Waals surface area contributed by atoms with Crippen molar-refractivity contribution in [3.8, 4) is 11.4 Å². The number of para-hydroxylation sites is 1. The van der Waals surface area contributed by atoms with Crippen LogP contribution in [0, 0.1) is 0 Å². The molecule has 148 valence electrons. The predicted molar refractivity (Wildman–Crippen MR) is 117 cm³/mol. The summed E-state index contributed by atoms with van der Waals surface area (Å²) in [5.41, 5.74) is 2.68. The fourth-order valence-corrected chi connectivity index (χ4v) is 3.00. The van der Waals surface area contributed by atoms with Gasteiger partial charge in [0, 0.05) is 23.5 Å². The quantitative estimate of drug-likeness (QED) is 0.515. The van der Waals surface area contributed by atoms with E-state index in [9.17, 15) is 9.59 Å². The van der Waals surface area contributed by atoms with Crippen molar-refractivity contribution in [2.45, 2.75) is 6.61 Å². The number of benzene rings is 3. The largest absolute Gasteiger partial charge is 0.489 e. The third-order valence-electron chi connectivity index (χ3n) is 4.57. The summed E-state index contributed by atoms with van der Waals surface area (Å²) in [5, 5.41) is 2.83. The van der Waals surface area contributed by atoms with Crippen LogP contribution in [0.25, 0.3) is 5.69 Å². The molecule has 3 aromatic carbocycles. The second-order valence-electron chi connectivity index (χ2n) is 6.71. The van der Waals surface area contributed by atoms with Crippen LogP contribution in [0.5, 0.6) is 5.75 Å². The van der Waals surface area contributed by atoms with Crippen molar-refractivity contribution in [2.24, 2.45) is 0 Å². The smallest absolute Gasteiger partial charge is 0.255 e. The molecule has 5 nitrogen and oxygen atoms in total. The average Bonchev–Trinajstić information content (AvgIpc) is 2.80. The third kappa shape index (κ3) is 4.64. The van der Waals surface area contributed by atoms with Crippen molar-refractivity contribution in [3.63, 3.8) is 0 Å². The Labute approximate surface area is 174 Å². The van der Waals surface area contributed by atoms with E-state index in [1.807, 2.05) is 60.7 Å². The number of aromatic nitrogens is 1. The van der Waals surface area contributed by atoms with Gasteiger partial charge in [0.15, 0.2) is 0 Å². The maximum atomic E-state index is 12.6. The minimum atomic E-state index is -0.261. The fourth-order valence-electron chi connectivity index (χ4n) is 3.00. The molecule has 0 aliphatic heterocycles. The molecule has 0 aliphatic carbocycles. The van der Waals surface area contributed by atoms with Crippen LogP contribution in [0.4, 0.5) is 5.69 Å². The number of hydrogen-bond donors (Lipinski definition) is 1. The van der Waals surface area contributed by atoms with Crippen LogP contribution in [0.1, 0.15) is 15.9 Å². The number of nitrogens with one attached hydrogen (secondary N) is 1. The normalized spacial score (nSPS) is 10.4. The molecule has 30 heavy (non-hydrogen) atoms. The first-order valence-corrected chi connectivity index (χ1v) is 9.55. The highest BCUT2D eigenvalue weighted by atomic mass is 16.5. The predicted octanol–water partition coefficient (Wildman–Crippen LogP) is 4.67. The number of amides is 1. The van der Waals surface area contributed by atoms with Crippen LogP contribution in [0.3, 0.4) is 0 Å². The molecule has 5 heteroatoms. The highest BCUT2D eigenvalue weighted by Crippen LogP contribution is 2.16. The van der Waals surface area contributed by atoms with Crippen LogP contribution in [0.2, 0.25) is 0 Å². The zero-order valence-corrected chi connectivity index (χ0v) is 16.2. The molecule has 4 aromatic rings. The van der Waals surface area contributed by atoms with E-state index in [4.69, 9.17) is 4.74 Å². The molecule has 1 amide bonds. The van der Waals surface area contributed by atoms with E-state index in [0.717, 1.165) is 11.3 Å². The van der Waals surface area contributed by atoms with Crippen LogP contribution in [0.15, 0.2) is 108 Å². The Kier molecular flexibility index (Phi) is 5.71. The van der Waals surface area contributed by atoms with E-state index in [0.29, 0.717) is 23.6 Å². The second-order valence-corrected chi connectivity index (χ2v) is 6.71. The number of carbonyl (C=O) groups excluding carboxylic acids is 1. The zero-order valence-electron chi connectivity index (χ0n) is 16.2. The molecule has 0 aliphatic rings. The van der Waals surface area contributed by atoms with Crippen molar-refractivity contribution in [3.05, 3.63) is 125 Å². The molecule has 0 fully saturated rings. The van der Waals surface area contributed by atoms with Gasteiger partial charge in [-0.3, -0.25) is 14.2 Å². The number of pyridine rings is 1. The van der Waals surface area contributed by atoms with Gasteiger partial charge < -0.3 is 10.1 Å². The highest BCUT2D eigenvalue weighted by molar-refractivity contribution is 6.04. The summed E-state index contributed by atoms with van der Waals surface area (Å²) < 4.78 is 7.25. The lowest BCUT2D eigenvalue weighted by molar-refractivity contribution is 0.102. The first-order chi connectivity index (χ1) is 14.7. The number of nitrogens with zero attached hydrogens (tertiary/aromatic N) is 1. The lowest BCUT2D eigenvalue weighted by atomic mass is 10.2. The summed E-state index contributed by atoms with van der Waals surface area (Å²) in [4.78, 5) is 24.8. The number of carbonyl (C=O) groups is 1. The average molecular weight is 396 g/mol. The van der Waals surface area contributed by atoms with Gasteiger partial charge in [-0.1, -0.05) is 48.5 Å². The monoisotopic (exact) mass is 396 g/mol. The third-order valence-corrected chi connectivity index (χ3v) is 4.57. The number of rotatable bonds is 6. The van der Waals surface area contributed by atoms with Gasteiger partial charge in [-0.05, 0) is 48.0 Å². The lowest BCUT2D eigenvalue weighted by Gasteiger charge is -2.10. The van der Waals surface area contributed by atoms with E-state index in [2.05, 4.69) is 5.32 Å². The van der Waals surface area contributed by atoms with Crippen molar-refractivity contribution >= 4 is 11.6 Å². The maximum absolute atomic E-state index is 12.6. The van der Waals surface area contributed by atoms with Crippen LogP contribution >= 0.6 is 0 Å². The van der Waals surface area contributed by atoms with Crippen LogP contribution < -0.4 is 15.6 Å². The Balaban J connectivity index is 1.43. The summed E-state index contributed by atoms with van der Waals surface area (Å²) in [7, 11) is 0. The van der Waals surface area contributed by atoms with Crippen LogP contribution in [-0.2, 0) is 6.61 Å². The lowest BCUT2D eigenvalue weighted by Crippen LogP contribution is -2.19. The van der Waals surface area contributed by atoms with Gasteiger partial charge in [0.2, 0.25) is 0 Å². The summed E-state index contributed by atoms with van der Waals surface area (Å²) in [6.07, 6.45) is 1.62. The minimum absolute atomic E-state index is 0.167. The Hall–Kier alpha value is -4.12. The van der Waals surface area contributed by atoms with Crippen molar-refractivity contribution in [2.75, 3.05) is 5.32 Å². The zero-order chi connectivity index (χ0) is 20.8. The topological polar surface area (TPSA) is 60.3 Å². The summed E-state index contributed by atoms with van der Waals surface area (Å²) in [6, 6.07) is 29.1. The Morgan fingerprint density at radius 2 is 1.47 bits per heavy atom. The summed E-state index contributed by atoms with van der Waals surface area (Å²) in [5.74, 6) is 0.427. The van der Waals surface area contributed by atoms with Gasteiger partial charge in [0.05, 0.1) is 5.69 Å². The van der Waals surface area contributed by atoms with Gasteiger partial charge in [0.1, 0.15) is 12.4 Å². The maximum Gasteiger partial charge on any atom is 0.255 e. The molecule has 1 N–H and O–H groups in total. The molecular weight excluding hydrogens is 376 g/mol. The number of anilines is 1. The van der Waals surface area contributed by atoms with E-state index < -0.39 is 0 Å². The molecule has 0 saturated heterocycles. The standard InChI is InChI=1S/C25H20N2O3/c28-24-16-13-21(17-27(24)22-9-5-2-6-10-22)26-25(29)20-11-14-23(15-12-20)30-18-19-7-3-1-4-8-19/h1-17H,18H2,(H,26,29). The van der Waals surface area contributed by atoms with Crippen molar-refractivity contribution < 1.29 is 9.53 Å². The Morgan fingerprint density at radius 1 is 0.800 bits per heavy atom. The minimum Gasteiger partial charge on any atom is -0.489 e. The summed E-state index contributed by atoms with van der Waals surface area (Å²) >= 11 is 0. The molecule has 0 unspecified atom stereocenters. The molecule has 0 spiro atoms. The van der Waals surface area contributed by atoms with Gasteiger partial charge in [-0.25, -0.2) is 0 Å². The molecule has 4 rings (SSSR count). The van der Waals surface area contributed by atoms with Crippen molar-refractivity contribution in [1.29, 1.82) is 0 Å². The Bertz CT molecular complexity index is 1180. The Morgan fingerprint density at radius 3 is 2.17 bits per heavy atom. The molecule has 0 saturated carbocycles. The number of ether oxygens (including phenoxy) is 1. The van der Waals surface area contributed by atoms with E-state index >= 15 is 0 Å². The van der Waals surface area contributed by atoms with E-state index in [-0.39, 0.29) is 11.5 Å². The van der Waals surface area contributed by atoms with Gasteiger partial charge in [-0.15, -0.1) is 0 Å². The molecule has 0 atom stereocenters. The van der Waals surface area contributed by atoms with E-state index in [1.54, 1.807) is 36.5 Å². The molecule has 1 heterocycles. The van der Waals surface area contributed by atoms with Gasteiger partial charge >= 0.3 is 0 Å². The summed E-state index contributed by atoms with van der Waals surface area (Å²) in [6.45, 7) is 0.466. The first kappa shape index (κ1) is 19.2. The molecule has 0 bridgehead atoms. The fraction of sp³-hybridized carbons (Fsp3) is 0.0400. The van der Waals surface area contributed by atoms with E-state index in [1.165, 1.54) is 10.6 Å². The second kappa shape index (κ2) is 8.92. The molecule has 0 radical (unpaired) electrons. The van der Waals surface area contributed by atoms with Gasteiger partial charge in [0.25, 0.3) is 11.5 Å². The van der Waals surface area contributed by atoms with Gasteiger partial charge in [-0.2, -0.15) is 0 Å². The van der Waals surface area contributed by atoms with Crippen molar-refractivity contribution in [1.82, 2.24) is 4.57 Å². The molecule has 1 aromatic heterocycles. The highest BCUT2D eigenvalue weighted by Gasteiger charge is 2.08. The SMILES string of the molecule is O=C(Nc1ccc(=O)n(-c2ccccc2)c1)c1ccc(OCc2ccccc2)cc1.